The molecule has 106 valence electrons. The molecule has 0 heterocycles. The molecule has 0 saturated heterocycles. The third-order valence-electron chi connectivity index (χ3n) is 2.20. The second kappa shape index (κ2) is 6.73. The Balaban J connectivity index is 3.07. The van der Waals surface area contributed by atoms with Crippen molar-refractivity contribution in [3.63, 3.8) is 0 Å². The van der Waals surface area contributed by atoms with Gasteiger partial charge in [0.1, 0.15) is 11.3 Å². The number of benzene rings is 1. The number of aliphatic hydroxyl groups is 1. The first kappa shape index (κ1) is 15.7. The molecule has 4 nitrogen and oxygen atoms in total. The van der Waals surface area contributed by atoms with Gasteiger partial charge in [-0.2, -0.15) is 0 Å². The van der Waals surface area contributed by atoms with E-state index in [-0.39, 0.29) is 29.0 Å². The average Bonchev–Trinajstić information content (AvgIpc) is 2.30. The molecule has 0 unspecified atom stereocenters. The van der Waals surface area contributed by atoms with Crippen molar-refractivity contribution in [1.82, 2.24) is 5.32 Å². The molecular formula is C13H17ClFNO3. The minimum absolute atomic E-state index is 0.0197. The van der Waals surface area contributed by atoms with Crippen LogP contribution in [0.25, 0.3) is 0 Å². The molecular weight excluding hydrogens is 273 g/mol. The van der Waals surface area contributed by atoms with Crippen molar-refractivity contribution in [3.05, 3.63) is 28.5 Å². The molecule has 2 N–H and O–H groups in total. The Labute approximate surface area is 116 Å². The van der Waals surface area contributed by atoms with Crippen molar-refractivity contribution in [2.24, 2.45) is 0 Å². The minimum Gasteiger partial charge on any atom is -0.490 e. The zero-order valence-corrected chi connectivity index (χ0v) is 11.8. The zero-order valence-electron chi connectivity index (χ0n) is 11.0. The lowest BCUT2D eigenvalue weighted by molar-refractivity contribution is 0.0913. The lowest BCUT2D eigenvalue weighted by atomic mass is 10.1. The molecule has 6 heteroatoms. The van der Waals surface area contributed by atoms with E-state index in [1.807, 2.05) is 0 Å². The van der Waals surface area contributed by atoms with E-state index >= 15 is 0 Å². The van der Waals surface area contributed by atoms with E-state index in [0.29, 0.717) is 0 Å². The quantitative estimate of drug-likeness (QED) is 0.875. The summed E-state index contributed by atoms with van der Waals surface area (Å²) in [4.78, 5) is 11.9. The molecule has 1 atom stereocenters. The normalized spacial score (nSPS) is 12.4. The fourth-order valence-corrected chi connectivity index (χ4v) is 1.58. The summed E-state index contributed by atoms with van der Waals surface area (Å²) < 4.78 is 19.3. The van der Waals surface area contributed by atoms with Crippen LogP contribution < -0.4 is 10.1 Å². The van der Waals surface area contributed by atoms with E-state index in [9.17, 15) is 9.18 Å². The summed E-state index contributed by atoms with van der Waals surface area (Å²) in [6.45, 7) is 5.07. The van der Waals surface area contributed by atoms with Crippen LogP contribution >= 0.6 is 11.6 Å². The molecule has 1 aromatic rings. The molecule has 0 aliphatic heterocycles. The third kappa shape index (κ3) is 4.36. The van der Waals surface area contributed by atoms with Gasteiger partial charge in [0, 0.05) is 6.54 Å². The average molecular weight is 290 g/mol. The van der Waals surface area contributed by atoms with E-state index in [1.165, 1.54) is 19.1 Å². The first-order chi connectivity index (χ1) is 8.82. The number of amides is 1. The van der Waals surface area contributed by atoms with Crippen LogP contribution in [-0.4, -0.2) is 29.8 Å². The minimum atomic E-state index is -0.831. The Morgan fingerprint density at radius 3 is 2.63 bits per heavy atom. The molecule has 0 saturated carbocycles. The molecule has 0 aromatic heterocycles. The fraction of sp³-hybridized carbons (Fsp3) is 0.462. The van der Waals surface area contributed by atoms with Gasteiger partial charge in [0.05, 0.1) is 17.2 Å². The smallest absolute Gasteiger partial charge is 0.258 e. The van der Waals surface area contributed by atoms with Gasteiger partial charge in [-0.05, 0) is 32.9 Å². The van der Waals surface area contributed by atoms with Crippen LogP contribution in [0.5, 0.6) is 5.75 Å². The van der Waals surface area contributed by atoms with Gasteiger partial charge in [-0.3, -0.25) is 4.79 Å². The van der Waals surface area contributed by atoms with E-state index in [0.717, 1.165) is 0 Å². The van der Waals surface area contributed by atoms with Crippen LogP contribution in [0, 0.1) is 5.82 Å². The summed E-state index contributed by atoms with van der Waals surface area (Å²) >= 11 is 5.67. The number of ether oxygens (including phenoxy) is 1. The van der Waals surface area contributed by atoms with E-state index in [1.54, 1.807) is 13.8 Å². The van der Waals surface area contributed by atoms with Gasteiger partial charge < -0.3 is 15.2 Å². The van der Waals surface area contributed by atoms with Gasteiger partial charge in [0.2, 0.25) is 0 Å². The molecule has 1 aromatic carbocycles. The summed E-state index contributed by atoms with van der Waals surface area (Å²) in [6.07, 6.45) is -0.926. The summed E-state index contributed by atoms with van der Waals surface area (Å²) in [5.74, 6) is -1.38. The fourth-order valence-electron chi connectivity index (χ4n) is 1.43. The Morgan fingerprint density at radius 1 is 1.47 bits per heavy atom. The Hall–Kier alpha value is -1.33. The number of nitrogens with one attached hydrogen (secondary N) is 1. The Bertz CT molecular complexity index is 463. The Kier molecular flexibility index (Phi) is 5.57. The van der Waals surface area contributed by atoms with Gasteiger partial charge >= 0.3 is 0 Å². The lowest BCUT2D eigenvalue weighted by Crippen LogP contribution is -2.31. The maximum atomic E-state index is 14.0. The number of halogens is 2. The van der Waals surface area contributed by atoms with Gasteiger partial charge in [-0.25, -0.2) is 4.39 Å². The van der Waals surface area contributed by atoms with E-state index in [4.69, 9.17) is 21.4 Å². The SMILES string of the molecule is CC(C)Oc1ccc(Cl)c(F)c1C(=O)NC[C@H](C)O. The molecule has 1 amide bonds. The molecule has 19 heavy (non-hydrogen) atoms. The number of aliphatic hydroxyl groups excluding tert-OH is 1. The number of hydrogen-bond acceptors (Lipinski definition) is 3. The predicted molar refractivity (Wildman–Crippen MR) is 71.2 cm³/mol. The highest BCUT2D eigenvalue weighted by molar-refractivity contribution is 6.31. The van der Waals surface area contributed by atoms with E-state index < -0.39 is 17.8 Å². The number of carbonyl (C=O) groups excluding carboxylic acids is 1. The molecule has 0 aliphatic rings. The molecule has 0 radical (unpaired) electrons. The van der Waals surface area contributed by atoms with Gasteiger partial charge in [0.15, 0.2) is 5.82 Å². The summed E-state index contributed by atoms with van der Waals surface area (Å²) in [5.41, 5.74) is -0.248. The van der Waals surface area contributed by atoms with Crippen LogP contribution in [0.2, 0.25) is 5.02 Å². The number of hydrogen-bond donors (Lipinski definition) is 2. The van der Waals surface area contributed by atoms with Crippen LogP contribution in [-0.2, 0) is 0 Å². The first-order valence-electron chi connectivity index (χ1n) is 5.93. The first-order valence-corrected chi connectivity index (χ1v) is 6.31. The van der Waals surface area contributed by atoms with Crippen molar-refractivity contribution >= 4 is 17.5 Å². The van der Waals surface area contributed by atoms with Crippen LogP contribution in [0.3, 0.4) is 0 Å². The van der Waals surface area contributed by atoms with Crippen LogP contribution in [0.15, 0.2) is 12.1 Å². The number of rotatable bonds is 5. The third-order valence-corrected chi connectivity index (χ3v) is 2.50. The van der Waals surface area contributed by atoms with Gasteiger partial charge in [0.25, 0.3) is 5.91 Å². The van der Waals surface area contributed by atoms with Crippen molar-refractivity contribution in [2.45, 2.75) is 33.0 Å². The highest BCUT2D eigenvalue weighted by Crippen LogP contribution is 2.28. The maximum Gasteiger partial charge on any atom is 0.258 e. The van der Waals surface area contributed by atoms with Gasteiger partial charge in [-0.15, -0.1) is 0 Å². The van der Waals surface area contributed by atoms with E-state index in [2.05, 4.69) is 5.32 Å². The molecule has 0 spiro atoms. The van der Waals surface area contributed by atoms with Crippen molar-refractivity contribution in [2.75, 3.05) is 6.54 Å². The van der Waals surface area contributed by atoms with Crippen LogP contribution in [0.4, 0.5) is 4.39 Å². The van der Waals surface area contributed by atoms with Crippen molar-refractivity contribution in [3.8, 4) is 5.75 Å². The lowest BCUT2D eigenvalue weighted by Gasteiger charge is -2.15. The molecule has 0 fully saturated rings. The topological polar surface area (TPSA) is 58.6 Å². The van der Waals surface area contributed by atoms with Gasteiger partial charge in [-0.1, -0.05) is 11.6 Å². The molecule has 0 bridgehead atoms. The highest BCUT2D eigenvalue weighted by Gasteiger charge is 2.21. The van der Waals surface area contributed by atoms with Crippen molar-refractivity contribution < 1.29 is 19.0 Å². The predicted octanol–water partition coefficient (Wildman–Crippen LogP) is 2.38. The summed E-state index contributed by atoms with van der Waals surface area (Å²) in [7, 11) is 0. The standard InChI is InChI=1S/C13H17ClFNO3/c1-7(2)19-10-5-4-9(14)12(15)11(10)13(18)16-6-8(3)17/h4-5,7-8,17H,6H2,1-3H3,(H,16,18)/t8-/m0/s1. The van der Waals surface area contributed by atoms with Crippen molar-refractivity contribution in [1.29, 1.82) is 0 Å². The zero-order chi connectivity index (χ0) is 14.6. The number of carbonyl (C=O) groups is 1. The van der Waals surface area contributed by atoms with Crippen LogP contribution in [0.1, 0.15) is 31.1 Å². The molecule has 1 rings (SSSR count). The highest BCUT2D eigenvalue weighted by atomic mass is 35.5. The Morgan fingerprint density at radius 2 is 2.11 bits per heavy atom. The summed E-state index contributed by atoms with van der Waals surface area (Å²) in [6, 6.07) is 2.78. The molecule has 0 aliphatic carbocycles. The largest absolute Gasteiger partial charge is 0.490 e. The second-order valence-corrected chi connectivity index (χ2v) is 4.87. The maximum absolute atomic E-state index is 14.0. The second-order valence-electron chi connectivity index (χ2n) is 4.46. The summed E-state index contributed by atoms with van der Waals surface area (Å²) in [5, 5.41) is 11.4. The monoisotopic (exact) mass is 289 g/mol.